The van der Waals surface area contributed by atoms with Crippen LogP contribution in [0.5, 0.6) is 0 Å². The number of nitrogens with zero attached hydrogens (tertiary/aromatic N) is 1. The van der Waals surface area contributed by atoms with E-state index in [1.165, 1.54) is 9.88 Å². The molecular formula is HAlCuNSi. The summed E-state index contributed by atoms with van der Waals surface area (Å²) in [6.07, 6.45) is 0. The van der Waals surface area contributed by atoms with Crippen molar-refractivity contribution in [3.8, 4) is 0 Å². The van der Waals surface area contributed by atoms with Gasteiger partial charge in [0.1, 0.15) is 0 Å². The molecule has 0 heterocycles. The largest absolute Gasteiger partial charge is 0.289 e. The second-order valence-corrected chi connectivity index (χ2v) is 0. The third-order valence-corrected chi connectivity index (χ3v) is 0. The van der Waals surface area contributed by atoms with Crippen LogP contribution in [0.2, 0.25) is 0 Å². The molecule has 0 spiro atoms. The van der Waals surface area contributed by atoms with E-state index in [2.05, 4.69) is 0 Å². The summed E-state index contributed by atoms with van der Waals surface area (Å²) in [6, 6.07) is 0. The smallest absolute Gasteiger partial charge is 0.176 e. The van der Waals surface area contributed by atoms with Crippen molar-refractivity contribution in [1.82, 2.24) is 0 Å². The maximum atomic E-state index is 6.92. The molecule has 0 aliphatic rings. The summed E-state index contributed by atoms with van der Waals surface area (Å²) in [6.45, 7) is 0. The van der Waals surface area contributed by atoms with Gasteiger partial charge in [0.15, 0.2) is 9.88 Å². The molecule has 4 heteroatoms. The zero-order valence-electron chi connectivity index (χ0n) is 1.90. The van der Waals surface area contributed by atoms with E-state index in [0.29, 0.717) is 0 Å². The van der Waals surface area contributed by atoms with E-state index < -0.39 is 0 Å². The molecule has 0 amide bonds. The maximum Gasteiger partial charge on any atom is 0.176 e. The van der Waals surface area contributed by atoms with Crippen molar-refractivity contribution in [1.29, 1.82) is 4.89 Å². The van der Waals surface area contributed by atoms with Crippen molar-refractivity contribution < 1.29 is 17.1 Å². The Morgan fingerprint density at radius 1 is 1.25 bits per heavy atom. The van der Waals surface area contributed by atoms with Gasteiger partial charge in [0.25, 0.3) is 0 Å². The van der Waals surface area contributed by atoms with Gasteiger partial charge in [0.05, 0.1) is 0 Å². The van der Waals surface area contributed by atoms with Crippen LogP contribution in [0.3, 0.4) is 0 Å². The first-order chi connectivity index (χ1) is 1.00. The van der Waals surface area contributed by atoms with Gasteiger partial charge in [-0.25, -0.2) is 0 Å². The van der Waals surface area contributed by atoms with E-state index in [-0.39, 0.29) is 34.4 Å². The van der Waals surface area contributed by atoms with Gasteiger partial charge in [-0.05, 0) is 0 Å². The first-order valence-electron chi connectivity index (χ1n) is 0.258. The molecule has 0 N–H and O–H groups in total. The number of hydrogen-bond donors (Lipinski definition) is 0. The third kappa shape index (κ3) is 12.2. The van der Waals surface area contributed by atoms with Crippen LogP contribution < -0.4 is 0 Å². The Kier molecular flexibility index (Phi) is 185. The number of rotatable bonds is 0. The standard InChI is InChI=1S/Al.Cu.HNSi/c;;1-2/h;;2H. The fourth-order valence-corrected chi connectivity index (χ4v) is 0. The molecule has 0 fully saturated rings. The molecular weight excluding hydrogens is 133 g/mol. The Labute approximate surface area is 49.4 Å². The van der Waals surface area contributed by atoms with Crippen molar-refractivity contribution in [3.63, 3.8) is 0 Å². The summed E-state index contributed by atoms with van der Waals surface area (Å²) in [5.74, 6) is 0. The molecule has 0 aromatic rings. The minimum atomic E-state index is 0. The first-order valence-corrected chi connectivity index (χ1v) is 0.775. The molecule has 0 bridgehead atoms. The van der Waals surface area contributed by atoms with Gasteiger partial charge in [-0.1, -0.05) is 0 Å². The van der Waals surface area contributed by atoms with Crippen LogP contribution in [0.25, 0.3) is 0 Å². The Bertz CT molecular complexity index is 12.8. The Hall–Kier alpha value is 0.979. The van der Waals surface area contributed by atoms with Gasteiger partial charge in [0.2, 0.25) is 0 Å². The number of hydrogen-bond acceptors (Lipinski definition) is 1. The fraction of sp³-hybridized carbons (Fsp3) is 0. The minimum absolute atomic E-state index is 0. The molecule has 24 valence electrons. The van der Waals surface area contributed by atoms with E-state index in [1.807, 2.05) is 0 Å². The summed E-state index contributed by atoms with van der Waals surface area (Å²) in [7, 11) is 1.42. The molecule has 0 aliphatic heterocycles. The van der Waals surface area contributed by atoms with Gasteiger partial charge in [0, 0.05) is 34.4 Å². The zero-order chi connectivity index (χ0) is 2.00. The van der Waals surface area contributed by atoms with E-state index in [4.69, 9.17) is 4.89 Å². The quantitative estimate of drug-likeness (QED) is 0.389. The van der Waals surface area contributed by atoms with E-state index in [0.717, 1.165) is 0 Å². The van der Waals surface area contributed by atoms with Crippen LogP contribution >= 0.6 is 0 Å². The molecule has 0 unspecified atom stereocenters. The summed E-state index contributed by atoms with van der Waals surface area (Å²) in [4.78, 5) is 6.92. The van der Waals surface area contributed by atoms with Gasteiger partial charge in [-0.2, -0.15) is 0 Å². The summed E-state index contributed by atoms with van der Waals surface area (Å²) >= 11 is 0. The van der Waals surface area contributed by atoms with Gasteiger partial charge in [-0.15, -0.1) is 0 Å². The molecule has 4 heavy (non-hydrogen) atoms. The van der Waals surface area contributed by atoms with Crippen molar-refractivity contribution in [2.24, 2.45) is 0 Å². The SMILES string of the molecule is N#[SiH].[Al].[Cu]. The average molecular weight is 134 g/mol. The predicted octanol–water partition coefficient (Wildman–Crippen LogP) is -1.02. The van der Waals surface area contributed by atoms with Crippen LogP contribution in [0.1, 0.15) is 0 Å². The van der Waals surface area contributed by atoms with Gasteiger partial charge in [-0.3, -0.25) is 4.89 Å². The second kappa shape index (κ2) is 36.8. The van der Waals surface area contributed by atoms with Crippen LogP contribution in [0.4, 0.5) is 0 Å². The molecule has 0 aromatic heterocycles. The molecule has 1 nitrogen and oxygen atoms in total. The molecule has 0 atom stereocenters. The second-order valence-electron chi connectivity index (χ2n) is 0. The molecule has 0 aliphatic carbocycles. The van der Waals surface area contributed by atoms with Gasteiger partial charge >= 0.3 is 0 Å². The Balaban J connectivity index is -0.00000000500. The maximum absolute atomic E-state index is 6.92. The molecule has 0 saturated heterocycles. The normalized spacial score (nSPS) is 0.500. The van der Waals surface area contributed by atoms with Crippen LogP contribution in [0, 0.1) is 4.89 Å². The van der Waals surface area contributed by atoms with E-state index >= 15 is 0 Å². The summed E-state index contributed by atoms with van der Waals surface area (Å²) in [5, 5.41) is 0. The van der Waals surface area contributed by atoms with Crippen LogP contribution in [0.15, 0.2) is 0 Å². The first kappa shape index (κ1) is 20.1. The Morgan fingerprint density at radius 2 is 1.25 bits per heavy atom. The van der Waals surface area contributed by atoms with Crippen LogP contribution in [-0.4, -0.2) is 27.2 Å². The average Bonchev–Trinajstić information content (AvgIpc) is 1.00. The summed E-state index contributed by atoms with van der Waals surface area (Å²) < 4.78 is 0. The van der Waals surface area contributed by atoms with Crippen LogP contribution in [-0.2, 0) is 17.1 Å². The van der Waals surface area contributed by atoms with E-state index in [1.54, 1.807) is 0 Å². The molecule has 0 rings (SSSR count). The Morgan fingerprint density at radius 3 is 1.25 bits per heavy atom. The van der Waals surface area contributed by atoms with Crippen molar-refractivity contribution in [2.45, 2.75) is 0 Å². The van der Waals surface area contributed by atoms with E-state index in [9.17, 15) is 0 Å². The molecule has 0 saturated carbocycles. The predicted molar refractivity (Wildman–Crippen MR) is 14.6 cm³/mol. The minimum Gasteiger partial charge on any atom is -0.289 e. The topological polar surface area (TPSA) is 23.8 Å². The zero-order valence-corrected chi connectivity index (χ0v) is 5.15. The van der Waals surface area contributed by atoms with Crippen molar-refractivity contribution in [3.05, 3.63) is 0 Å². The fourth-order valence-electron chi connectivity index (χ4n) is 0. The van der Waals surface area contributed by atoms with Crippen molar-refractivity contribution >= 4 is 27.2 Å². The van der Waals surface area contributed by atoms with Gasteiger partial charge < -0.3 is 0 Å². The third-order valence-electron chi connectivity index (χ3n) is 0. The van der Waals surface area contributed by atoms with Crippen molar-refractivity contribution in [2.75, 3.05) is 0 Å². The monoisotopic (exact) mass is 133 g/mol. The molecule has 0 aromatic carbocycles. The molecule has 4 radical (unpaired) electrons. The summed E-state index contributed by atoms with van der Waals surface area (Å²) in [5.41, 5.74) is 0.